The van der Waals surface area contributed by atoms with Crippen molar-refractivity contribution in [2.24, 2.45) is 0 Å². The molecule has 1 heterocycles. The van der Waals surface area contributed by atoms with Crippen molar-refractivity contribution in [3.63, 3.8) is 0 Å². The van der Waals surface area contributed by atoms with E-state index in [1.54, 1.807) is 6.07 Å². The van der Waals surface area contributed by atoms with Crippen LogP contribution in [0.5, 0.6) is 11.5 Å². The summed E-state index contributed by atoms with van der Waals surface area (Å²) in [5.74, 6) is -0.776. The number of carbonyl (C=O) groups excluding carboxylic acids is 1. The van der Waals surface area contributed by atoms with Crippen LogP contribution in [0.1, 0.15) is 5.56 Å². The van der Waals surface area contributed by atoms with E-state index in [0.29, 0.717) is 0 Å². The van der Waals surface area contributed by atoms with E-state index in [1.807, 2.05) is 0 Å². The number of nitro benzene ring substituents is 1. The zero-order valence-corrected chi connectivity index (χ0v) is 13.1. The molecule has 0 fully saturated rings. The van der Waals surface area contributed by atoms with Crippen LogP contribution in [0.4, 0.5) is 15.8 Å². The molecule has 1 aliphatic heterocycles. The van der Waals surface area contributed by atoms with E-state index in [9.17, 15) is 24.6 Å². The Morgan fingerprint density at radius 1 is 1.27 bits per heavy atom. The van der Waals surface area contributed by atoms with Gasteiger partial charge in [-0.1, -0.05) is 0 Å². The number of fused-ring (bicyclic) bond motifs is 1. The molecule has 0 radical (unpaired) electrons. The summed E-state index contributed by atoms with van der Waals surface area (Å²) in [6, 6.07) is 9.13. The maximum atomic E-state index is 12.9. The average molecular weight is 355 g/mol. The lowest BCUT2D eigenvalue weighted by molar-refractivity contribution is -0.385. The van der Waals surface area contributed by atoms with Crippen molar-refractivity contribution >= 4 is 23.4 Å². The predicted octanol–water partition coefficient (Wildman–Crippen LogP) is 3.01. The lowest BCUT2D eigenvalue weighted by Gasteiger charge is -2.05. The molecule has 0 saturated carbocycles. The number of nitrogens with one attached hydrogen (secondary N) is 1. The maximum Gasteiger partial charge on any atom is 0.280 e. The third-order valence-corrected chi connectivity index (χ3v) is 3.49. The van der Waals surface area contributed by atoms with E-state index in [1.165, 1.54) is 24.3 Å². The van der Waals surface area contributed by atoms with Gasteiger partial charge in [0.1, 0.15) is 17.5 Å². The molecule has 9 heteroatoms. The van der Waals surface area contributed by atoms with Gasteiger partial charge in [0.05, 0.1) is 16.6 Å². The largest absolute Gasteiger partial charge is 0.454 e. The van der Waals surface area contributed by atoms with Crippen molar-refractivity contribution in [2.75, 3.05) is 12.1 Å². The van der Waals surface area contributed by atoms with Crippen LogP contribution in [0.25, 0.3) is 6.08 Å². The topological polar surface area (TPSA) is 114 Å². The first-order valence-corrected chi connectivity index (χ1v) is 7.24. The molecule has 1 amide bonds. The van der Waals surface area contributed by atoms with E-state index < -0.39 is 16.6 Å². The molecule has 0 spiro atoms. The molecule has 26 heavy (non-hydrogen) atoms. The number of nitriles is 1. The Morgan fingerprint density at radius 3 is 2.54 bits per heavy atom. The van der Waals surface area contributed by atoms with Crippen LogP contribution in [0, 0.1) is 27.3 Å². The van der Waals surface area contributed by atoms with E-state index in [2.05, 4.69) is 5.32 Å². The number of ether oxygens (including phenoxy) is 2. The second-order valence-electron chi connectivity index (χ2n) is 5.15. The van der Waals surface area contributed by atoms with Gasteiger partial charge < -0.3 is 14.8 Å². The molecule has 1 N–H and O–H groups in total. The fraction of sp³-hybridized carbons (Fsp3) is 0.0588. The van der Waals surface area contributed by atoms with Crippen molar-refractivity contribution in [3.05, 3.63) is 63.5 Å². The van der Waals surface area contributed by atoms with Gasteiger partial charge >= 0.3 is 0 Å². The third kappa shape index (κ3) is 3.44. The number of hydrogen-bond donors (Lipinski definition) is 1. The van der Waals surface area contributed by atoms with Gasteiger partial charge in [-0.25, -0.2) is 4.39 Å². The fourth-order valence-corrected chi connectivity index (χ4v) is 2.26. The van der Waals surface area contributed by atoms with Crippen molar-refractivity contribution < 1.29 is 23.6 Å². The van der Waals surface area contributed by atoms with Crippen molar-refractivity contribution in [1.82, 2.24) is 0 Å². The number of carbonyl (C=O) groups is 1. The summed E-state index contributed by atoms with van der Waals surface area (Å²) in [6.07, 6.45) is 1.08. The number of benzene rings is 2. The van der Waals surface area contributed by atoms with Gasteiger partial charge in [-0.2, -0.15) is 5.26 Å². The summed E-state index contributed by atoms with van der Waals surface area (Å²) in [6.45, 7) is -0.0736. The average Bonchev–Trinajstić information content (AvgIpc) is 3.08. The molecular weight excluding hydrogens is 345 g/mol. The summed E-state index contributed by atoms with van der Waals surface area (Å²) >= 11 is 0. The number of rotatable bonds is 4. The number of halogens is 1. The smallest absolute Gasteiger partial charge is 0.280 e. The molecule has 8 nitrogen and oxygen atoms in total. The zero-order valence-electron chi connectivity index (χ0n) is 13.1. The van der Waals surface area contributed by atoms with Crippen molar-refractivity contribution in [1.29, 1.82) is 5.26 Å². The zero-order chi connectivity index (χ0) is 18.7. The van der Waals surface area contributed by atoms with Crippen LogP contribution in [0.3, 0.4) is 0 Å². The quantitative estimate of drug-likeness (QED) is 0.390. The predicted molar refractivity (Wildman–Crippen MR) is 87.8 cm³/mol. The van der Waals surface area contributed by atoms with Gasteiger partial charge in [0, 0.05) is 5.69 Å². The number of nitrogens with zero attached hydrogens (tertiary/aromatic N) is 2. The van der Waals surface area contributed by atoms with Crippen LogP contribution in [-0.4, -0.2) is 17.6 Å². The molecule has 0 aromatic heterocycles. The van der Waals surface area contributed by atoms with Crippen LogP contribution in [0.15, 0.2) is 42.0 Å². The van der Waals surface area contributed by atoms with Crippen LogP contribution >= 0.6 is 0 Å². The van der Waals surface area contributed by atoms with E-state index in [-0.39, 0.29) is 40.8 Å². The molecular formula is C17H10FN3O5. The molecule has 0 bridgehead atoms. The highest BCUT2D eigenvalue weighted by Crippen LogP contribution is 2.38. The molecule has 130 valence electrons. The second-order valence-corrected chi connectivity index (χ2v) is 5.15. The molecule has 2 aromatic carbocycles. The van der Waals surface area contributed by atoms with Gasteiger partial charge in [-0.3, -0.25) is 14.9 Å². The molecule has 2 aromatic rings. The molecule has 0 saturated heterocycles. The Labute approximate surface area is 146 Å². The Morgan fingerprint density at radius 2 is 1.92 bits per heavy atom. The Balaban J connectivity index is 1.93. The Bertz CT molecular complexity index is 964. The lowest BCUT2D eigenvalue weighted by Crippen LogP contribution is -2.13. The van der Waals surface area contributed by atoms with E-state index in [0.717, 1.165) is 18.2 Å². The lowest BCUT2D eigenvalue weighted by atomic mass is 10.1. The van der Waals surface area contributed by atoms with Gasteiger partial charge in [0.2, 0.25) is 6.79 Å². The monoisotopic (exact) mass is 355 g/mol. The van der Waals surface area contributed by atoms with Crippen LogP contribution in [0.2, 0.25) is 0 Å². The number of nitro groups is 1. The van der Waals surface area contributed by atoms with Crippen LogP contribution < -0.4 is 14.8 Å². The van der Waals surface area contributed by atoms with Crippen molar-refractivity contribution in [3.8, 4) is 17.6 Å². The minimum absolute atomic E-state index is 0.0186. The maximum absolute atomic E-state index is 12.9. The SMILES string of the molecule is N#CC(=Cc1cc2c(cc1[N+](=O)[O-])OCO2)C(=O)Nc1ccc(F)cc1. The Hall–Kier alpha value is -3.93. The minimum atomic E-state index is -0.786. The highest BCUT2D eigenvalue weighted by molar-refractivity contribution is 6.10. The van der Waals surface area contributed by atoms with Gasteiger partial charge in [-0.15, -0.1) is 0 Å². The fourth-order valence-electron chi connectivity index (χ4n) is 2.26. The molecule has 1 aliphatic rings. The van der Waals surface area contributed by atoms with Gasteiger partial charge in [0.25, 0.3) is 11.6 Å². The van der Waals surface area contributed by atoms with Crippen molar-refractivity contribution in [2.45, 2.75) is 0 Å². The summed E-state index contributed by atoms with van der Waals surface area (Å²) in [7, 11) is 0. The number of anilines is 1. The van der Waals surface area contributed by atoms with Gasteiger partial charge in [-0.05, 0) is 36.4 Å². The summed E-state index contributed by atoms with van der Waals surface area (Å²) < 4.78 is 23.2. The first-order chi connectivity index (χ1) is 12.5. The summed E-state index contributed by atoms with van der Waals surface area (Å²) in [4.78, 5) is 22.8. The molecule has 3 rings (SSSR count). The second kappa shape index (κ2) is 6.90. The molecule has 0 unspecified atom stereocenters. The standard InChI is InChI=1S/C17H10FN3O5/c18-12-1-3-13(4-2-12)20-17(22)11(8-19)5-10-6-15-16(26-9-25-15)7-14(10)21(23)24/h1-7H,9H2,(H,20,22). The molecule has 0 aliphatic carbocycles. The normalized spacial score (nSPS) is 12.4. The highest BCUT2D eigenvalue weighted by atomic mass is 19.1. The first-order valence-electron chi connectivity index (χ1n) is 7.24. The third-order valence-electron chi connectivity index (χ3n) is 3.49. The van der Waals surface area contributed by atoms with Gasteiger partial charge in [0.15, 0.2) is 11.5 Å². The molecule has 0 atom stereocenters. The summed E-state index contributed by atoms with van der Waals surface area (Å²) in [5.41, 5.74) is -0.407. The number of amides is 1. The highest BCUT2D eigenvalue weighted by Gasteiger charge is 2.23. The number of hydrogen-bond acceptors (Lipinski definition) is 6. The minimum Gasteiger partial charge on any atom is -0.454 e. The Kier molecular flexibility index (Phi) is 4.49. The first kappa shape index (κ1) is 16.9. The van der Waals surface area contributed by atoms with Crippen LogP contribution in [-0.2, 0) is 4.79 Å². The van der Waals surface area contributed by atoms with E-state index in [4.69, 9.17) is 9.47 Å². The van der Waals surface area contributed by atoms with E-state index >= 15 is 0 Å². The summed E-state index contributed by atoms with van der Waals surface area (Å²) in [5, 5.41) is 22.9.